The Morgan fingerprint density at radius 2 is 1.85 bits per heavy atom. The zero-order valence-electron chi connectivity index (χ0n) is 12.5. The number of aromatic nitrogens is 2. The Bertz CT molecular complexity index is 450. The number of aryl methyl sites for hydroxylation is 1. The average Bonchev–Trinajstić information content (AvgIpc) is 2.84. The lowest BCUT2D eigenvalue weighted by Gasteiger charge is -2.56. The molecule has 1 aromatic rings. The highest BCUT2D eigenvalue weighted by atomic mass is 15.1. The molecule has 1 atom stereocenters. The molecular formula is C17H27N3. The molecule has 110 valence electrons. The molecule has 4 aliphatic rings. The Kier molecular flexibility index (Phi) is 3.13. The van der Waals surface area contributed by atoms with E-state index in [4.69, 9.17) is 5.73 Å². The van der Waals surface area contributed by atoms with E-state index in [0.29, 0.717) is 6.04 Å². The zero-order valence-corrected chi connectivity index (χ0v) is 12.5. The molecule has 20 heavy (non-hydrogen) atoms. The van der Waals surface area contributed by atoms with Gasteiger partial charge < -0.3 is 10.3 Å². The number of imidazole rings is 1. The molecule has 0 spiro atoms. The molecule has 0 amide bonds. The van der Waals surface area contributed by atoms with Gasteiger partial charge in [-0.15, -0.1) is 0 Å². The van der Waals surface area contributed by atoms with Gasteiger partial charge in [0.15, 0.2) is 0 Å². The fourth-order valence-electron chi connectivity index (χ4n) is 5.84. The van der Waals surface area contributed by atoms with Gasteiger partial charge in [0.25, 0.3) is 0 Å². The van der Waals surface area contributed by atoms with Crippen molar-refractivity contribution in [3.8, 4) is 0 Å². The van der Waals surface area contributed by atoms with Crippen molar-refractivity contribution >= 4 is 0 Å². The van der Waals surface area contributed by atoms with Gasteiger partial charge in [0, 0.05) is 31.4 Å². The van der Waals surface area contributed by atoms with Crippen molar-refractivity contribution < 1.29 is 0 Å². The predicted octanol–water partition coefficient (Wildman–Crippen LogP) is 2.85. The van der Waals surface area contributed by atoms with Crippen molar-refractivity contribution in [1.82, 2.24) is 9.55 Å². The first-order valence-electron chi connectivity index (χ1n) is 8.50. The number of nitrogens with two attached hydrogens (primary N) is 1. The first kappa shape index (κ1) is 12.9. The number of hydrogen-bond donors (Lipinski definition) is 1. The minimum Gasteiger partial charge on any atom is -0.333 e. The fraction of sp³-hybridized carbons (Fsp3) is 0.824. The second-order valence-corrected chi connectivity index (χ2v) is 7.52. The Labute approximate surface area is 122 Å². The summed E-state index contributed by atoms with van der Waals surface area (Å²) in [5.74, 6) is 5.89. The Morgan fingerprint density at radius 1 is 1.20 bits per heavy atom. The maximum Gasteiger partial charge on any atom is 0.108 e. The summed E-state index contributed by atoms with van der Waals surface area (Å²) in [5.41, 5.74) is 6.67. The van der Waals surface area contributed by atoms with Gasteiger partial charge in [-0.05, 0) is 61.7 Å². The molecule has 0 radical (unpaired) electrons. The Hall–Kier alpha value is -0.830. The fourth-order valence-corrected chi connectivity index (χ4v) is 5.84. The summed E-state index contributed by atoms with van der Waals surface area (Å²) < 4.78 is 2.29. The van der Waals surface area contributed by atoms with Crippen LogP contribution in [0.3, 0.4) is 0 Å². The molecular weight excluding hydrogens is 246 g/mol. The summed E-state index contributed by atoms with van der Waals surface area (Å²) in [6, 6.07) is 0.324. The second-order valence-electron chi connectivity index (χ2n) is 7.52. The van der Waals surface area contributed by atoms with Gasteiger partial charge in [-0.3, -0.25) is 0 Å². The molecule has 3 nitrogen and oxygen atoms in total. The first-order chi connectivity index (χ1) is 9.74. The van der Waals surface area contributed by atoms with Crippen LogP contribution in [0.4, 0.5) is 0 Å². The molecule has 3 heteroatoms. The van der Waals surface area contributed by atoms with E-state index in [-0.39, 0.29) is 0 Å². The maximum absolute atomic E-state index is 6.67. The van der Waals surface area contributed by atoms with Crippen LogP contribution in [0, 0.1) is 29.6 Å². The van der Waals surface area contributed by atoms with Crippen LogP contribution in [0.2, 0.25) is 0 Å². The summed E-state index contributed by atoms with van der Waals surface area (Å²) in [6.07, 6.45) is 12.4. The van der Waals surface area contributed by atoms with Crippen molar-refractivity contribution in [3.05, 3.63) is 18.2 Å². The summed E-state index contributed by atoms with van der Waals surface area (Å²) in [5, 5.41) is 0. The van der Waals surface area contributed by atoms with Crippen LogP contribution in [0.5, 0.6) is 0 Å². The molecule has 4 saturated carbocycles. The van der Waals surface area contributed by atoms with Gasteiger partial charge in [0.2, 0.25) is 0 Å². The zero-order chi connectivity index (χ0) is 13.7. The van der Waals surface area contributed by atoms with E-state index < -0.39 is 0 Å². The molecule has 0 saturated heterocycles. The molecule has 4 fully saturated rings. The van der Waals surface area contributed by atoms with Gasteiger partial charge in [-0.2, -0.15) is 0 Å². The average molecular weight is 273 g/mol. The van der Waals surface area contributed by atoms with Gasteiger partial charge >= 0.3 is 0 Å². The van der Waals surface area contributed by atoms with E-state index in [1.807, 2.05) is 6.20 Å². The van der Waals surface area contributed by atoms with Crippen LogP contribution >= 0.6 is 0 Å². The molecule has 5 rings (SSSR count). The molecule has 4 aliphatic carbocycles. The minimum atomic E-state index is 0.324. The van der Waals surface area contributed by atoms with E-state index in [1.54, 1.807) is 0 Å². The standard InChI is InChI=1S/C17H27N3/c1-2-16-19-3-4-20(16)10-15(18)17-13-6-11-5-12(8-13)9-14(17)7-11/h3-4,11-15,17H,2,5-10,18H2,1H3. The van der Waals surface area contributed by atoms with Crippen LogP contribution in [-0.4, -0.2) is 15.6 Å². The number of rotatable bonds is 4. The topological polar surface area (TPSA) is 43.8 Å². The van der Waals surface area contributed by atoms with Crippen LogP contribution in [0.1, 0.15) is 44.9 Å². The summed E-state index contributed by atoms with van der Waals surface area (Å²) in [7, 11) is 0. The normalized spacial score (nSPS) is 40.2. The van der Waals surface area contributed by atoms with E-state index in [0.717, 1.165) is 42.6 Å². The highest BCUT2D eigenvalue weighted by Gasteiger charge is 2.49. The van der Waals surface area contributed by atoms with Crippen molar-refractivity contribution in [3.63, 3.8) is 0 Å². The number of hydrogen-bond acceptors (Lipinski definition) is 2. The van der Waals surface area contributed by atoms with Gasteiger partial charge in [0.05, 0.1) is 0 Å². The molecule has 1 aromatic heterocycles. The third-order valence-corrected chi connectivity index (χ3v) is 6.32. The van der Waals surface area contributed by atoms with E-state index in [9.17, 15) is 0 Å². The molecule has 1 unspecified atom stereocenters. The van der Waals surface area contributed by atoms with Crippen molar-refractivity contribution in [2.24, 2.45) is 35.3 Å². The quantitative estimate of drug-likeness (QED) is 0.916. The van der Waals surface area contributed by atoms with Crippen LogP contribution < -0.4 is 5.73 Å². The summed E-state index contributed by atoms with van der Waals surface area (Å²) in [4.78, 5) is 4.43. The molecule has 4 bridgehead atoms. The lowest BCUT2D eigenvalue weighted by molar-refractivity contribution is -0.0486. The molecule has 2 N–H and O–H groups in total. The smallest absolute Gasteiger partial charge is 0.108 e. The first-order valence-corrected chi connectivity index (χ1v) is 8.50. The van der Waals surface area contributed by atoms with Crippen molar-refractivity contribution in [1.29, 1.82) is 0 Å². The van der Waals surface area contributed by atoms with E-state index in [2.05, 4.69) is 22.7 Å². The van der Waals surface area contributed by atoms with Crippen LogP contribution in [0.15, 0.2) is 12.4 Å². The lowest BCUT2D eigenvalue weighted by Crippen LogP contribution is -2.52. The lowest BCUT2D eigenvalue weighted by atomic mass is 9.50. The van der Waals surface area contributed by atoms with Crippen LogP contribution in [-0.2, 0) is 13.0 Å². The van der Waals surface area contributed by atoms with E-state index >= 15 is 0 Å². The highest BCUT2D eigenvalue weighted by Crippen LogP contribution is 2.57. The minimum absolute atomic E-state index is 0.324. The van der Waals surface area contributed by atoms with Crippen molar-refractivity contribution in [2.45, 2.75) is 58.0 Å². The highest BCUT2D eigenvalue weighted by molar-refractivity contribution is 5.02. The maximum atomic E-state index is 6.67. The SMILES string of the molecule is CCc1nccn1CC(N)C1C2CC3CC(C2)CC1C3. The third-order valence-electron chi connectivity index (χ3n) is 6.32. The van der Waals surface area contributed by atoms with Crippen molar-refractivity contribution in [2.75, 3.05) is 0 Å². The second kappa shape index (κ2) is 4.87. The molecule has 0 aliphatic heterocycles. The van der Waals surface area contributed by atoms with Crippen LogP contribution in [0.25, 0.3) is 0 Å². The Morgan fingerprint density at radius 3 is 2.45 bits per heavy atom. The number of nitrogens with zero attached hydrogens (tertiary/aromatic N) is 2. The monoisotopic (exact) mass is 273 g/mol. The van der Waals surface area contributed by atoms with Gasteiger partial charge in [-0.1, -0.05) is 6.92 Å². The molecule has 0 aromatic carbocycles. The third kappa shape index (κ3) is 2.02. The van der Waals surface area contributed by atoms with Gasteiger partial charge in [0.1, 0.15) is 5.82 Å². The summed E-state index contributed by atoms with van der Waals surface area (Å²) >= 11 is 0. The largest absolute Gasteiger partial charge is 0.333 e. The molecule has 1 heterocycles. The predicted molar refractivity (Wildman–Crippen MR) is 80.1 cm³/mol. The Balaban J connectivity index is 1.50. The van der Waals surface area contributed by atoms with E-state index in [1.165, 1.54) is 37.9 Å². The summed E-state index contributed by atoms with van der Waals surface area (Å²) in [6.45, 7) is 3.14. The van der Waals surface area contributed by atoms with Gasteiger partial charge in [-0.25, -0.2) is 4.98 Å².